The number of halogens is 2. The maximum atomic E-state index is 12.9. The molecule has 2 saturated heterocycles. The normalized spacial score (nSPS) is 37.0. The predicted molar refractivity (Wildman–Crippen MR) is 107 cm³/mol. The van der Waals surface area contributed by atoms with Crippen molar-refractivity contribution in [3.63, 3.8) is 0 Å². The van der Waals surface area contributed by atoms with E-state index in [1.807, 2.05) is 13.8 Å². The van der Waals surface area contributed by atoms with Gasteiger partial charge in [-0.25, -0.2) is 8.78 Å². The average molecular weight is 441 g/mol. The molecule has 0 bridgehead atoms. The summed E-state index contributed by atoms with van der Waals surface area (Å²) in [6.45, 7) is 4.32. The van der Waals surface area contributed by atoms with E-state index in [0.717, 1.165) is 6.42 Å². The number of piperidine rings is 1. The summed E-state index contributed by atoms with van der Waals surface area (Å²) in [4.78, 5) is 12.9. The number of aliphatic hydroxyl groups excluding tert-OH is 3. The van der Waals surface area contributed by atoms with Crippen LogP contribution in [0.25, 0.3) is 0 Å². The van der Waals surface area contributed by atoms with Crippen LogP contribution in [0.15, 0.2) is 0 Å². The number of carbonyl (C=O) groups excluding carboxylic acids is 1. The van der Waals surface area contributed by atoms with Crippen LogP contribution in [-0.2, 0) is 9.53 Å². The number of carbonyl (C=O) groups is 1. The average Bonchev–Trinajstić information content (AvgIpc) is 2.69. The number of hydrogen-bond acceptors (Lipinski definition) is 7. The second-order valence-electron chi connectivity index (χ2n) is 8.32. The van der Waals surface area contributed by atoms with Gasteiger partial charge in [0.1, 0.15) is 29.9 Å². The largest absolute Gasteiger partial charge is 0.388 e. The molecule has 7 nitrogen and oxygen atoms in total. The summed E-state index contributed by atoms with van der Waals surface area (Å²) >= 11 is 1.22. The van der Waals surface area contributed by atoms with Crippen molar-refractivity contribution in [2.75, 3.05) is 12.8 Å². The fourth-order valence-corrected chi connectivity index (χ4v) is 4.76. The Morgan fingerprint density at radius 1 is 1.24 bits per heavy atom. The summed E-state index contributed by atoms with van der Waals surface area (Å²) in [6, 6.07) is -1.09. The quantitative estimate of drug-likeness (QED) is 0.378. The molecule has 0 aromatic carbocycles. The Morgan fingerprint density at radius 2 is 1.93 bits per heavy atom. The third kappa shape index (κ3) is 6.48. The summed E-state index contributed by atoms with van der Waals surface area (Å²) < 4.78 is 30.8. The van der Waals surface area contributed by atoms with Crippen LogP contribution in [0, 0.1) is 11.8 Å². The first-order valence-corrected chi connectivity index (χ1v) is 11.5. The van der Waals surface area contributed by atoms with Crippen LogP contribution >= 0.6 is 11.8 Å². The van der Waals surface area contributed by atoms with E-state index in [-0.39, 0.29) is 24.2 Å². The minimum absolute atomic E-state index is 0.0628. The smallest absolute Gasteiger partial charge is 0.238 e. The van der Waals surface area contributed by atoms with Crippen molar-refractivity contribution in [1.29, 1.82) is 0 Å². The highest BCUT2D eigenvalue weighted by atomic mass is 32.2. The second kappa shape index (κ2) is 11.2. The number of alkyl halides is 2. The third-order valence-electron chi connectivity index (χ3n) is 5.84. The monoisotopic (exact) mass is 440 g/mol. The van der Waals surface area contributed by atoms with Gasteiger partial charge in [-0.05, 0) is 43.9 Å². The maximum absolute atomic E-state index is 12.9. The zero-order valence-electron chi connectivity index (χ0n) is 17.1. The molecule has 2 heterocycles. The Morgan fingerprint density at radius 3 is 2.52 bits per heavy atom. The SMILES string of the molecule is CS[C@H]1O[C@H]([C@H](NC(=O)[C@@H]2C[C@H](CCC(F)F)CCN2)C(C)C)[C@H](O)[C@H](O)[C@H]1O. The summed E-state index contributed by atoms with van der Waals surface area (Å²) in [7, 11) is 0. The van der Waals surface area contributed by atoms with Crippen molar-refractivity contribution in [2.24, 2.45) is 11.8 Å². The van der Waals surface area contributed by atoms with Crippen LogP contribution < -0.4 is 10.6 Å². The van der Waals surface area contributed by atoms with E-state index in [9.17, 15) is 28.9 Å². The lowest BCUT2D eigenvalue weighted by molar-refractivity contribution is -0.208. The molecule has 2 rings (SSSR count). The molecule has 5 N–H and O–H groups in total. The van der Waals surface area contributed by atoms with Crippen LogP contribution in [0.1, 0.15) is 39.5 Å². The van der Waals surface area contributed by atoms with Gasteiger partial charge in [0, 0.05) is 6.42 Å². The Labute approximate surface area is 175 Å². The minimum atomic E-state index is -2.33. The number of hydrogen-bond donors (Lipinski definition) is 5. The number of rotatable bonds is 8. The molecule has 1 amide bonds. The van der Waals surface area contributed by atoms with Gasteiger partial charge in [-0.3, -0.25) is 4.79 Å². The van der Waals surface area contributed by atoms with Gasteiger partial charge in [0.15, 0.2) is 0 Å². The van der Waals surface area contributed by atoms with E-state index in [0.29, 0.717) is 19.4 Å². The van der Waals surface area contributed by atoms with E-state index in [4.69, 9.17) is 4.74 Å². The Hall–Kier alpha value is -0.520. The van der Waals surface area contributed by atoms with E-state index in [1.165, 1.54) is 11.8 Å². The lowest BCUT2D eigenvalue weighted by atomic mass is 9.86. The van der Waals surface area contributed by atoms with Crippen LogP contribution in [-0.4, -0.2) is 82.4 Å². The molecule has 0 unspecified atom stereocenters. The van der Waals surface area contributed by atoms with Crippen molar-refractivity contribution >= 4 is 17.7 Å². The van der Waals surface area contributed by atoms with E-state index in [1.54, 1.807) is 6.26 Å². The predicted octanol–water partition coefficient (Wildman–Crippen LogP) is 0.711. The van der Waals surface area contributed by atoms with E-state index in [2.05, 4.69) is 10.6 Å². The van der Waals surface area contributed by atoms with E-state index < -0.39 is 48.4 Å². The molecule has 10 heteroatoms. The highest BCUT2D eigenvalue weighted by molar-refractivity contribution is 7.99. The molecule has 0 aromatic heterocycles. The lowest BCUT2D eigenvalue weighted by Crippen LogP contribution is -2.65. The van der Waals surface area contributed by atoms with Crippen LogP contribution in [0.3, 0.4) is 0 Å². The van der Waals surface area contributed by atoms with Gasteiger partial charge < -0.3 is 30.7 Å². The molecule has 0 aromatic rings. The third-order valence-corrected chi connectivity index (χ3v) is 6.70. The molecule has 0 aliphatic carbocycles. The molecule has 8 atom stereocenters. The zero-order valence-corrected chi connectivity index (χ0v) is 17.9. The first-order chi connectivity index (χ1) is 13.6. The highest BCUT2D eigenvalue weighted by Crippen LogP contribution is 2.31. The fourth-order valence-electron chi connectivity index (χ4n) is 4.08. The van der Waals surface area contributed by atoms with Gasteiger partial charge in [0.05, 0.1) is 12.1 Å². The molecular weight excluding hydrogens is 406 g/mol. The van der Waals surface area contributed by atoms with Crippen molar-refractivity contribution in [2.45, 2.75) is 87.9 Å². The number of nitrogens with one attached hydrogen (secondary N) is 2. The second-order valence-corrected chi connectivity index (χ2v) is 9.26. The molecule has 2 fully saturated rings. The van der Waals surface area contributed by atoms with E-state index >= 15 is 0 Å². The molecular formula is C19H34F2N2O5S. The number of thioether (sulfide) groups is 1. The van der Waals surface area contributed by atoms with Gasteiger partial charge in [-0.1, -0.05) is 13.8 Å². The minimum Gasteiger partial charge on any atom is -0.388 e. The molecule has 29 heavy (non-hydrogen) atoms. The molecule has 2 aliphatic rings. The van der Waals surface area contributed by atoms with Crippen molar-refractivity contribution in [1.82, 2.24) is 10.6 Å². The topological polar surface area (TPSA) is 111 Å². The Kier molecular flexibility index (Phi) is 9.56. The first-order valence-electron chi connectivity index (χ1n) is 10.2. The van der Waals surface area contributed by atoms with Crippen LogP contribution in [0.4, 0.5) is 8.78 Å². The number of aliphatic hydroxyl groups is 3. The van der Waals surface area contributed by atoms with Crippen molar-refractivity contribution in [3.8, 4) is 0 Å². The summed E-state index contributed by atoms with van der Waals surface area (Å²) in [5.41, 5.74) is -0.719. The van der Waals surface area contributed by atoms with Crippen molar-refractivity contribution in [3.05, 3.63) is 0 Å². The molecule has 0 radical (unpaired) electrons. The van der Waals surface area contributed by atoms with Gasteiger partial charge >= 0.3 is 0 Å². The first kappa shape index (κ1) is 24.7. The lowest BCUT2D eigenvalue weighted by Gasteiger charge is -2.44. The van der Waals surface area contributed by atoms with Gasteiger partial charge in [0.25, 0.3) is 0 Å². The molecule has 170 valence electrons. The van der Waals surface area contributed by atoms with Crippen molar-refractivity contribution < 1.29 is 33.6 Å². The van der Waals surface area contributed by atoms with Gasteiger partial charge in [-0.2, -0.15) is 0 Å². The summed E-state index contributed by atoms with van der Waals surface area (Å²) in [5.74, 6) is -0.322. The van der Waals surface area contributed by atoms with Gasteiger partial charge in [-0.15, -0.1) is 11.8 Å². The maximum Gasteiger partial charge on any atom is 0.238 e. The molecule has 2 aliphatic heterocycles. The number of ether oxygens (including phenoxy) is 1. The Bertz CT molecular complexity index is 529. The summed E-state index contributed by atoms with van der Waals surface area (Å²) in [5, 5.41) is 36.7. The fraction of sp³-hybridized carbons (Fsp3) is 0.947. The van der Waals surface area contributed by atoms with Gasteiger partial charge in [0.2, 0.25) is 12.3 Å². The summed E-state index contributed by atoms with van der Waals surface area (Å²) in [6.07, 6.45) is -3.98. The molecule has 0 saturated carbocycles. The molecule has 0 spiro atoms. The highest BCUT2D eigenvalue weighted by Gasteiger charge is 2.47. The number of amides is 1. The zero-order chi connectivity index (χ0) is 21.7. The standard InChI is InChI=1S/C19H34F2N2O5S/c1-9(2)13(17-15(25)14(24)16(26)19(28-17)29-3)23-18(27)11-8-10(6-7-22-11)4-5-12(20)21/h9-17,19,22,24-26H,4-8H2,1-3H3,(H,23,27)/t10-,11+,13-,14+,15-,16-,17-,19-/m1/s1. The Balaban J connectivity index is 2.03. The van der Waals surface area contributed by atoms with Crippen LogP contribution in [0.2, 0.25) is 0 Å². The van der Waals surface area contributed by atoms with Crippen LogP contribution in [0.5, 0.6) is 0 Å².